The molecule has 1 aromatic carbocycles. The Balaban J connectivity index is 2.82. The van der Waals surface area contributed by atoms with Crippen LogP contribution in [0.2, 0.25) is 0 Å². The van der Waals surface area contributed by atoms with E-state index in [0.29, 0.717) is 0 Å². The van der Waals surface area contributed by atoms with Crippen molar-refractivity contribution in [1.29, 1.82) is 0 Å². The summed E-state index contributed by atoms with van der Waals surface area (Å²) in [7, 11) is 0. The highest BCUT2D eigenvalue weighted by Crippen LogP contribution is 2.22. The predicted octanol–water partition coefficient (Wildman–Crippen LogP) is 2.17. The van der Waals surface area contributed by atoms with Crippen molar-refractivity contribution in [3.05, 3.63) is 23.8 Å². The van der Waals surface area contributed by atoms with Crippen molar-refractivity contribution in [3.8, 4) is 5.75 Å². The highest BCUT2D eigenvalue weighted by atomic mass is 16.5. The number of nitrogens with two attached hydrogens (primary N) is 1. The minimum atomic E-state index is 0.189. The first-order valence-corrected chi connectivity index (χ1v) is 5.39. The van der Waals surface area contributed by atoms with E-state index in [0.717, 1.165) is 30.1 Å². The number of benzene rings is 1. The molecule has 0 aliphatic carbocycles. The van der Waals surface area contributed by atoms with Crippen LogP contribution < -0.4 is 15.8 Å². The van der Waals surface area contributed by atoms with Crippen molar-refractivity contribution in [2.45, 2.75) is 33.4 Å². The molecule has 0 spiro atoms. The SMILES string of the molecule is CCNCc1cc(N)ccc1OC(C)C. The first-order chi connectivity index (χ1) is 7.13. The number of nitrogen functional groups attached to an aromatic ring is 1. The molecule has 0 heterocycles. The van der Waals surface area contributed by atoms with E-state index in [2.05, 4.69) is 12.2 Å². The highest BCUT2D eigenvalue weighted by molar-refractivity contribution is 5.47. The van der Waals surface area contributed by atoms with Crippen LogP contribution in [0.3, 0.4) is 0 Å². The Morgan fingerprint density at radius 3 is 2.73 bits per heavy atom. The van der Waals surface area contributed by atoms with Gasteiger partial charge in [0, 0.05) is 17.8 Å². The van der Waals surface area contributed by atoms with Crippen LogP contribution in [0.15, 0.2) is 18.2 Å². The molecule has 3 heteroatoms. The zero-order valence-corrected chi connectivity index (χ0v) is 9.71. The minimum absolute atomic E-state index is 0.189. The molecule has 1 rings (SSSR count). The van der Waals surface area contributed by atoms with E-state index in [4.69, 9.17) is 10.5 Å². The van der Waals surface area contributed by atoms with E-state index in [9.17, 15) is 0 Å². The van der Waals surface area contributed by atoms with E-state index in [1.807, 2.05) is 32.0 Å². The molecule has 84 valence electrons. The Morgan fingerprint density at radius 1 is 1.40 bits per heavy atom. The van der Waals surface area contributed by atoms with Crippen molar-refractivity contribution in [2.75, 3.05) is 12.3 Å². The van der Waals surface area contributed by atoms with E-state index in [1.54, 1.807) is 0 Å². The zero-order chi connectivity index (χ0) is 11.3. The fraction of sp³-hybridized carbons (Fsp3) is 0.500. The Morgan fingerprint density at radius 2 is 2.13 bits per heavy atom. The number of nitrogens with one attached hydrogen (secondary N) is 1. The molecule has 0 bridgehead atoms. The minimum Gasteiger partial charge on any atom is -0.491 e. The third-order valence-electron chi connectivity index (χ3n) is 2.01. The third kappa shape index (κ3) is 3.80. The second-order valence-electron chi connectivity index (χ2n) is 3.81. The van der Waals surface area contributed by atoms with E-state index in [-0.39, 0.29) is 6.10 Å². The van der Waals surface area contributed by atoms with Crippen LogP contribution in [0, 0.1) is 0 Å². The molecule has 0 fully saturated rings. The molecule has 0 radical (unpaired) electrons. The van der Waals surface area contributed by atoms with Crippen LogP contribution in [-0.4, -0.2) is 12.6 Å². The number of hydrogen-bond acceptors (Lipinski definition) is 3. The molecule has 3 N–H and O–H groups in total. The average Bonchev–Trinajstić information content (AvgIpc) is 2.18. The molecule has 1 aromatic rings. The quantitative estimate of drug-likeness (QED) is 0.729. The van der Waals surface area contributed by atoms with Gasteiger partial charge >= 0.3 is 0 Å². The monoisotopic (exact) mass is 208 g/mol. The van der Waals surface area contributed by atoms with Gasteiger partial charge in [0.15, 0.2) is 0 Å². The molecule has 15 heavy (non-hydrogen) atoms. The first kappa shape index (κ1) is 11.9. The van der Waals surface area contributed by atoms with Gasteiger partial charge in [-0.05, 0) is 38.6 Å². The summed E-state index contributed by atoms with van der Waals surface area (Å²) < 4.78 is 5.70. The van der Waals surface area contributed by atoms with Gasteiger partial charge in [0.05, 0.1) is 6.10 Å². The Labute approximate surface area is 91.6 Å². The number of ether oxygens (including phenoxy) is 1. The van der Waals surface area contributed by atoms with Crippen LogP contribution in [0.1, 0.15) is 26.3 Å². The van der Waals surface area contributed by atoms with Gasteiger partial charge in [0.2, 0.25) is 0 Å². The van der Waals surface area contributed by atoms with Gasteiger partial charge in [-0.15, -0.1) is 0 Å². The van der Waals surface area contributed by atoms with Gasteiger partial charge in [-0.3, -0.25) is 0 Å². The van der Waals surface area contributed by atoms with Gasteiger partial charge in [-0.2, -0.15) is 0 Å². The van der Waals surface area contributed by atoms with Crippen molar-refractivity contribution in [1.82, 2.24) is 5.32 Å². The van der Waals surface area contributed by atoms with Crippen LogP contribution in [0.4, 0.5) is 5.69 Å². The molecule has 0 atom stereocenters. The first-order valence-electron chi connectivity index (χ1n) is 5.39. The summed E-state index contributed by atoms with van der Waals surface area (Å²) >= 11 is 0. The molecular weight excluding hydrogens is 188 g/mol. The molecule has 0 unspecified atom stereocenters. The predicted molar refractivity (Wildman–Crippen MR) is 64.0 cm³/mol. The van der Waals surface area contributed by atoms with E-state index < -0.39 is 0 Å². The van der Waals surface area contributed by atoms with Crippen molar-refractivity contribution >= 4 is 5.69 Å². The Bertz CT molecular complexity index is 310. The van der Waals surface area contributed by atoms with Crippen LogP contribution in [0.5, 0.6) is 5.75 Å². The lowest BCUT2D eigenvalue weighted by molar-refractivity contribution is 0.239. The molecule has 3 nitrogen and oxygen atoms in total. The maximum absolute atomic E-state index is 5.75. The largest absolute Gasteiger partial charge is 0.491 e. The fourth-order valence-electron chi connectivity index (χ4n) is 1.37. The molecule has 0 saturated carbocycles. The molecule has 0 amide bonds. The van der Waals surface area contributed by atoms with Crippen LogP contribution >= 0.6 is 0 Å². The summed E-state index contributed by atoms with van der Waals surface area (Å²) in [5.41, 5.74) is 7.64. The highest BCUT2D eigenvalue weighted by Gasteiger charge is 2.05. The summed E-state index contributed by atoms with van der Waals surface area (Å²) in [6, 6.07) is 5.76. The van der Waals surface area contributed by atoms with Gasteiger partial charge < -0.3 is 15.8 Å². The van der Waals surface area contributed by atoms with Gasteiger partial charge in [-0.25, -0.2) is 0 Å². The maximum atomic E-state index is 5.75. The second kappa shape index (κ2) is 5.61. The van der Waals surface area contributed by atoms with Gasteiger partial charge in [0.1, 0.15) is 5.75 Å². The molecule has 0 saturated heterocycles. The number of rotatable bonds is 5. The summed E-state index contributed by atoms with van der Waals surface area (Å²) in [6.07, 6.45) is 0.189. The lowest BCUT2D eigenvalue weighted by atomic mass is 10.1. The summed E-state index contributed by atoms with van der Waals surface area (Å²) in [6.45, 7) is 7.86. The average molecular weight is 208 g/mol. The van der Waals surface area contributed by atoms with E-state index >= 15 is 0 Å². The standard InChI is InChI=1S/C12H20N2O/c1-4-14-8-10-7-11(13)5-6-12(10)15-9(2)3/h5-7,9,14H,4,8,13H2,1-3H3. The van der Waals surface area contributed by atoms with Crippen LogP contribution in [0.25, 0.3) is 0 Å². The van der Waals surface area contributed by atoms with Crippen LogP contribution in [-0.2, 0) is 6.54 Å². The second-order valence-corrected chi connectivity index (χ2v) is 3.81. The summed E-state index contributed by atoms with van der Waals surface area (Å²) in [4.78, 5) is 0. The lowest BCUT2D eigenvalue weighted by Gasteiger charge is -2.15. The van der Waals surface area contributed by atoms with E-state index in [1.165, 1.54) is 0 Å². The normalized spacial score (nSPS) is 10.7. The fourth-order valence-corrected chi connectivity index (χ4v) is 1.37. The molecule has 0 aliphatic heterocycles. The Hall–Kier alpha value is -1.22. The lowest BCUT2D eigenvalue weighted by Crippen LogP contribution is -2.14. The molecule has 0 aliphatic rings. The van der Waals surface area contributed by atoms with Crippen molar-refractivity contribution < 1.29 is 4.74 Å². The maximum Gasteiger partial charge on any atom is 0.124 e. The number of hydrogen-bond donors (Lipinski definition) is 2. The smallest absolute Gasteiger partial charge is 0.124 e. The van der Waals surface area contributed by atoms with Crippen molar-refractivity contribution in [2.24, 2.45) is 0 Å². The topological polar surface area (TPSA) is 47.3 Å². The summed E-state index contributed by atoms with van der Waals surface area (Å²) in [5, 5.41) is 3.27. The molecular formula is C12H20N2O. The van der Waals surface area contributed by atoms with Crippen molar-refractivity contribution in [3.63, 3.8) is 0 Å². The summed E-state index contributed by atoms with van der Waals surface area (Å²) in [5.74, 6) is 0.917. The zero-order valence-electron chi connectivity index (χ0n) is 9.71. The van der Waals surface area contributed by atoms with Gasteiger partial charge in [-0.1, -0.05) is 6.92 Å². The molecule has 0 aromatic heterocycles. The Kier molecular flexibility index (Phi) is 4.43. The number of anilines is 1. The third-order valence-corrected chi connectivity index (χ3v) is 2.01. The van der Waals surface area contributed by atoms with Gasteiger partial charge in [0.25, 0.3) is 0 Å².